The van der Waals surface area contributed by atoms with Gasteiger partial charge in [-0.2, -0.15) is 4.57 Å². The standard InChI is InChI=1S/C18H27N2O4/c1-14(2)10-16-6-4-8-19(11-16)13-24-18(22)20-9-5-7-17(20)12-23-15(3)21/h4,6,8,11,14,17H,5,7,9-10,12-13H2,1-3H3/q+1/t17-/m0/s1. The third kappa shape index (κ3) is 5.51. The van der Waals surface area contributed by atoms with Gasteiger partial charge >= 0.3 is 12.1 Å². The van der Waals surface area contributed by atoms with Crippen molar-refractivity contribution in [2.75, 3.05) is 13.2 Å². The molecule has 0 aliphatic carbocycles. The van der Waals surface area contributed by atoms with Gasteiger partial charge in [0.25, 0.3) is 6.73 Å². The summed E-state index contributed by atoms with van der Waals surface area (Å²) in [6.45, 7) is 6.78. The van der Waals surface area contributed by atoms with Crippen LogP contribution in [0.5, 0.6) is 0 Å². The lowest BCUT2D eigenvalue weighted by atomic mass is 10.1. The summed E-state index contributed by atoms with van der Waals surface area (Å²) in [6.07, 6.45) is 6.26. The van der Waals surface area contributed by atoms with Crippen LogP contribution >= 0.6 is 0 Å². The molecule has 6 nitrogen and oxygen atoms in total. The molecule has 1 aliphatic rings. The van der Waals surface area contributed by atoms with Gasteiger partial charge < -0.3 is 14.4 Å². The van der Waals surface area contributed by atoms with Crippen molar-refractivity contribution in [2.45, 2.75) is 52.8 Å². The highest BCUT2D eigenvalue weighted by atomic mass is 16.6. The first-order valence-corrected chi connectivity index (χ1v) is 8.50. The summed E-state index contributed by atoms with van der Waals surface area (Å²) in [7, 11) is 0. The Labute approximate surface area is 143 Å². The third-order valence-electron chi connectivity index (χ3n) is 3.99. The summed E-state index contributed by atoms with van der Waals surface area (Å²) in [5, 5.41) is 0. The van der Waals surface area contributed by atoms with E-state index >= 15 is 0 Å². The molecule has 0 aromatic carbocycles. The van der Waals surface area contributed by atoms with Crippen molar-refractivity contribution in [3.63, 3.8) is 0 Å². The molecule has 0 bridgehead atoms. The van der Waals surface area contributed by atoms with E-state index in [1.165, 1.54) is 12.5 Å². The van der Waals surface area contributed by atoms with Crippen molar-refractivity contribution >= 4 is 12.1 Å². The Morgan fingerprint density at radius 1 is 1.38 bits per heavy atom. The van der Waals surface area contributed by atoms with Crippen molar-refractivity contribution in [1.82, 2.24) is 4.90 Å². The number of carbonyl (C=O) groups excluding carboxylic acids is 2. The molecule has 24 heavy (non-hydrogen) atoms. The fourth-order valence-electron chi connectivity index (χ4n) is 2.92. The van der Waals surface area contributed by atoms with Crippen LogP contribution in [0.3, 0.4) is 0 Å². The molecule has 6 heteroatoms. The highest BCUT2D eigenvalue weighted by molar-refractivity contribution is 5.68. The van der Waals surface area contributed by atoms with Crippen molar-refractivity contribution in [3.8, 4) is 0 Å². The molecule has 0 radical (unpaired) electrons. The number of amides is 1. The van der Waals surface area contributed by atoms with E-state index in [1.54, 1.807) is 4.90 Å². The maximum atomic E-state index is 12.3. The average molecular weight is 335 g/mol. The van der Waals surface area contributed by atoms with E-state index in [-0.39, 0.29) is 31.4 Å². The number of pyridine rings is 1. The number of aromatic nitrogens is 1. The maximum Gasteiger partial charge on any atom is 0.414 e. The van der Waals surface area contributed by atoms with Crippen LogP contribution in [0.15, 0.2) is 24.5 Å². The summed E-state index contributed by atoms with van der Waals surface area (Å²) in [4.78, 5) is 24.9. The van der Waals surface area contributed by atoms with E-state index < -0.39 is 0 Å². The lowest BCUT2D eigenvalue weighted by Gasteiger charge is -2.22. The van der Waals surface area contributed by atoms with Crippen LogP contribution < -0.4 is 4.57 Å². The minimum Gasteiger partial charge on any atom is -0.464 e. The molecule has 1 amide bonds. The first kappa shape index (κ1) is 18.2. The van der Waals surface area contributed by atoms with Crippen molar-refractivity contribution in [3.05, 3.63) is 30.1 Å². The van der Waals surface area contributed by atoms with E-state index in [9.17, 15) is 9.59 Å². The van der Waals surface area contributed by atoms with E-state index in [4.69, 9.17) is 9.47 Å². The molecule has 0 N–H and O–H groups in total. The zero-order chi connectivity index (χ0) is 17.5. The Kier molecular flexibility index (Phi) is 6.58. The van der Waals surface area contributed by atoms with Gasteiger partial charge in [-0.05, 0) is 31.2 Å². The molecule has 2 heterocycles. The van der Waals surface area contributed by atoms with Crippen LogP contribution in [0.25, 0.3) is 0 Å². The van der Waals surface area contributed by atoms with E-state index in [0.717, 1.165) is 19.3 Å². The second-order valence-electron chi connectivity index (χ2n) is 6.66. The largest absolute Gasteiger partial charge is 0.464 e. The number of hydrogen-bond donors (Lipinski definition) is 0. The number of rotatable bonds is 6. The summed E-state index contributed by atoms with van der Waals surface area (Å²) in [6, 6.07) is 3.96. The van der Waals surface area contributed by atoms with Crippen molar-refractivity contribution < 1.29 is 23.6 Å². The first-order chi connectivity index (χ1) is 11.5. The number of esters is 1. The minimum atomic E-state index is -0.355. The van der Waals surface area contributed by atoms with Crippen LogP contribution in [0.4, 0.5) is 4.79 Å². The highest BCUT2D eigenvalue weighted by Gasteiger charge is 2.31. The van der Waals surface area contributed by atoms with Gasteiger partial charge in [-0.15, -0.1) is 0 Å². The van der Waals surface area contributed by atoms with Gasteiger partial charge in [0.2, 0.25) is 0 Å². The molecule has 1 aliphatic heterocycles. The molecule has 1 aromatic heterocycles. The Hall–Kier alpha value is -2.11. The number of ether oxygens (including phenoxy) is 2. The predicted molar refractivity (Wildman–Crippen MR) is 88.0 cm³/mol. The number of carbonyl (C=O) groups is 2. The van der Waals surface area contributed by atoms with Gasteiger partial charge in [0.15, 0.2) is 12.4 Å². The molecule has 2 rings (SSSR count). The lowest BCUT2D eigenvalue weighted by Crippen LogP contribution is -2.42. The normalized spacial score (nSPS) is 17.2. The maximum absolute atomic E-state index is 12.3. The second kappa shape index (κ2) is 8.66. The van der Waals surface area contributed by atoms with Gasteiger partial charge in [0.05, 0.1) is 6.04 Å². The SMILES string of the molecule is CC(=O)OC[C@@H]1CCCN1C(=O)OC[n+]1cccc(CC(C)C)c1. The molecule has 0 spiro atoms. The topological polar surface area (TPSA) is 59.7 Å². The number of hydrogen-bond acceptors (Lipinski definition) is 4. The van der Waals surface area contributed by atoms with E-state index in [2.05, 4.69) is 19.9 Å². The number of likely N-dealkylation sites (tertiary alicyclic amines) is 1. The van der Waals surface area contributed by atoms with Gasteiger partial charge in [0, 0.05) is 25.1 Å². The zero-order valence-electron chi connectivity index (χ0n) is 14.7. The Balaban J connectivity index is 1.87. The summed E-state index contributed by atoms with van der Waals surface area (Å²) < 4.78 is 12.3. The molecule has 1 fully saturated rings. The minimum absolute atomic E-state index is 0.0846. The van der Waals surface area contributed by atoms with Crippen LogP contribution in [-0.4, -0.2) is 36.2 Å². The summed E-state index contributed by atoms with van der Waals surface area (Å²) >= 11 is 0. The van der Waals surface area contributed by atoms with E-state index in [1.807, 2.05) is 23.0 Å². The molecular formula is C18H27N2O4+. The smallest absolute Gasteiger partial charge is 0.414 e. The zero-order valence-corrected chi connectivity index (χ0v) is 14.7. The van der Waals surface area contributed by atoms with Gasteiger partial charge in [-0.25, -0.2) is 4.79 Å². The van der Waals surface area contributed by atoms with Crippen molar-refractivity contribution in [2.24, 2.45) is 5.92 Å². The molecule has 0 unspecified atom stereocenters. The highest BCUT2D eigenvalue weighted by Crippen LogP contribution is 2.18. The van der Waals surface area contributed by atoms with Gasteiger partial charge in [-0.1, -0.05) is 13.8 Å². The lowest BCUT2D eigenvalue weighted by molar-refractivity contribution is -0.727. The van der Waals surface area contributed by atoms with Crippen LogP contribution in [0.1, 0.15) is 39.2 Å². The Morgan fingerprint density at radius 2 is 2.17 bits per heavy atom. The predicted octanol–water partition coefficient (Wildman–Crippen LogP) is 2.29. The van der Waals surface area contributed by atoms with Gasteiger partial charge in [-0.3, -0.25) is 4.79 Å². The second-order valence-corrected chi connectivity index (χ2v) is 6.66. The summed E-state index contributed by atoms with van der Waals surface area (Å²) in [5.74, 6) is 0.253. The monoisotopic (exact) mass is 335 g/mol. The van der Waals surface area contributed by atoms with Crippen LogP contribution in [-0.2, 0) is 27.4 Å². The fraction of sp³-hybridized carbons (Fsp3) is 0.611. The quantitative estimate of drug-likeness (QED) is 0.591. The summed E-state index contributed by atoms with van der Waals surface area (Å²) in [5.41, 5.74) is 1.22. The molecule has 132 valence electrons. The molecule has 0 saturated carbocycles. The third-order valence-corrected chi connectivity index (χ3v) is 3.99. The van der Waals surface area contributed by atoms with Gasteiger partial charge in [0.1, 0.15) is 6.61 Å². The number of nitrogens with zero attached hydrogens (tertiary/aromatic N) is 2. The van der Waals surface area contributed by atoms with Crippen LogP contribution in [0.2, 0.25) is 0 Å². The van der Waals surface area contributed by atoms with E-state index in [0.29, 0.717) is 12.5 Å². The Morgan fingerprint density at radius 3 is 2.88 bits per heavy atom. The molecule has 1 saturated heterocycles. The fourth-order valence-corrected chi connectivity index (χ4v) is 2.92. The first-order valence-electron chi connectivity index (χ1n) is 8.50. The molecular weight excluding hydrogens is 308 g/mol. The molecule has 1 atom stereocenters. The molecule has 1 aromatic rings. The average Bonchev–Trinajstić information content (AvgIpc) is 2.99. The van der Waals surface area contributed by atoms with Crippen molar-refractivity contribution in [1.29, 1.82) is 0 Å². The van der Waals surface area contributed by atoms with Crippen LogP contribution in [0, 0.1) is 5.92 Å². The Bertz CT molecular complexity index is 574.